The highest BCUT2D eigenvalue weighted by Gasteiger charge is 2.50. The number of nitrogens with zero attached hydrogens (tertiary/aromatic N) is 6. The average molecular weight is 614 g/mol. The molecule has 5 aromatic rings. The van der Waals surface area contributed by atoms with E-state index in [0.29, 0.717) is 17.5 Å². The average Bonchev–Trinajstić information content (AvgIpc) is 3.18. The van der Waals surface area contributed by atoms with Crippen LogP contribution in [0.15, 0.2) is 176 Å². The predicted molar refractivity (Wildman–Crippen MR) is 198 cm³/mol. The van der Waals surface area contributed by atoms with Crippen LogP contribution in [0.2, 0.25) is 0 Å². The smallest absolute Gasteiger partial charge is 0.381 e. The lowest BCUT2D eigenvalue weighted by Gasteiger charge is -2.54. The largest absolute Gasteiger partial charge is 0.423 e. The maximum atomic E-state index is 4.95. The molecule has 1 saturated heterocycles. The summed E-state index contributed by atoms with van der Waals surface area (Å²) in [6.07, 6.45) is 15.3. The molecule has 224 valence electrons. The lowest BCUT2D eigenvalue weighted by molar-refractivity contribution is 0.623. The highest BCUT2D eigenvalue weighted by molar-refractivity contribution is 6.92. The Kier molecular flexibility index (Phi) is 7.01. The van der Waals surface area contributed by atoms with E-state index < -0.39 is 0 Å². The quantitative estimate of drug-likeness (QED) is 0.192. The first-order valence-electron chi connectivity index (χ1n) is 16.3. The molecule has 0 unspecified atom stereocenters. The predicted octanol–water partition coefficient (Wildman–Crippen LogP) is 7.48. The van der Waals surface area contributed by atoms with E-state index in [1.54, 1.807) is 0 Å². The zero-order chi connectivity index (χ0) is 31.9. The van der Waals surface area contributed by atoms with E-state index in [4.69, 9.17) is 15.0 Å². The second-order valence-electron chi connectivity index (χ2n) is 12.1. The first-order chi connectivity index (χ1) is 23.8. The minimum atomic E-state index is 0.0427. The van der Waals surface area contributed by atoms with Gasteiger partial charge >= 0.3 is 20.9 Å². The molecule has 48 heavy (non-hydrogen) atoms. The molecular weight excluding hydrogens is 585 g/mol. The normalized spacial score (nSPS) is 16.0. The molecule has 0 amide bonds. The Labute approximate surface area is 281 Å². The van der Waals surface area contributed by atoms with Gasteiger partial charge in [-0.2, -0.15) is 0 Å². The van der Waals surface area contributed by atoms with Crippen LogP contribution in [0, 0.1) is 0 Å². The monoisotopic (exact) mass is 614 g/mol. The van der Waals surface area contributed by atoms with Crippen molar-refractivity contribution in [3.63, 3.8) is 0 Å². The van der Waals surface area contributed by atoms with Gasteiger partial charge in [-0.1, -0.05) is 145 Å². The maximum absolute atomic E-state index is 4.95. The molecule has 4 aliphatic rings. The standard InChI is InChI=1S/C39H29B3N6/c1-4-14-30(15-5-1)36-29-48-41-25-11-12-26-46(41)40-24-10-13-27-47(40)42(48)28-35(36)31-20-22-34(23-21-31)39-44-37(32-16-6-2-7-17-32)43-38(45-39)33-18-8-3-9-19-33/h1-29H. The summed E-state index contributed by atoms with van der Waals surface area (Å²) in [4.78, 5) is 14.8. The van der Waals surface area contributed by atoms with Crippen molar-refractivity contribution in [2.75, 3.05) is 0 Å². The molecule has 6 nitrogen and oxygen atoms in total. The molecule has 0 aliphatic carbocycles. The summed E-state index contributed by atoms with van der Waals surface area (Å²) < 4.78 is 7.29. The SMILES string of the molecule is C1=CB2N3C=CC=CB3N3C=C(c4ccccc4)C(c4ccc(-c5nc(-c6ccccc6)nc(-c6ccccc6)n5)cc4)=CB3N2C=C1. The molecule has 0 atom stereocenters. The summed E-state index contributed by atoms with van der Waals surface area (Å²) in [7, 11) is 0. The number of fused-ring (bicyclic) bond motifs is 6. The molecule has 4 aromatic carbocycles. The number of hydrogen-bond acceptors (Lipinski definition) is 6. The fourth-order valence-corrected chi connectivity index (χ4v) is 6.93. The van der Waals surface area contributed by atoms with Crippen LogP contribution in [0.5, 0.6) is 0 Å². The summed E-state index contributed by atoms with van der Waals surface area (Å²) in [5.74, 6) is 8.93. The van der Waals surface area contributed by atoms with E-state index >= 15 is 0 Å². The Morgan fingerprint density at radius 1 is 0.375 bits per heavy atom. The van der Waals surface area contributed by atoms with Gasteiger partial charge in [0.25, 0.3) is 0 Å². The Morgan fingerprint density at radius 3 is 1.33 bits per heavy atom. The van der Waals surface area contributed by atoms with Gasteiger partial charge in [-0.05, 0) is 47.5 Å². The second-order valence-corrected chi connectivity index (χ2v) is 12.1. The van der Waals surface area contributed by atoms with Crippen molar-refractivity contribution < 1.29 is 0 Å². The van der Waals surface area contributed by atoms with Crippen molar-refractivity contribution in [2.24, 2.45) is 0 Å². The topological polar surface area (TPSA) is 48.4 Å². The van der Waals surface area contributed by atoms with Crippen molar-refractivity contribution in [3.8, 4) is 34.2 Å². The Morgan fingerprint density at radius 2 is 0.792 bits per heavy atom. The van der Waals surface area contributed by atoms with Gasteiger partial charge < -0.3 is 14.2 Å². The van der Waals surface area contributed by atoms with Gasteiger partial charge in [0.2, 0.25) is 0 Å². The number of benzene rings is 4. The third-order valence-electron chi connectivity index (χ3n) is 9.26. The number of rotatable bonds is 5. The van der Waals surface area contributed by atoms with E-state index in [9.17, 15) is 0 Å². The van der Waals surface area contributed by atoms with Crippen molar-refractivity contribution in [3.05, 3.63) is 187 Å². The van der Waals surface area contributed by atoms with Crippen molar-refractivity contribution in [2.45, 2.75) is 0 Å². The lowest BCUT2D eigenvalue weighted by Crippen LogP contribution is -2.73. The minimum absolute atomic E-state index is 0.0427. The van der Waals surface area contributed by atoms with E-state index in [1.807, 2.05) is 60.7 Å². The van der Waals surface area contributed by atoms with Crippen molar-refractivity contribution >= 4 is 32.1 Å². The molecule has 0 N–H and O–H groups in total. The van der Waals surface area contributed by atoms with Gasteiger partial charge in [-0.25, -0.2) is 15.0 Å². The third kappa shape index (κ3) is 5.01. The minimum Gasteiger partial charge on any atom is -0.423 e. The Balaban J connectivity index is 1.13. The first kappa shape index (κ1) is 28.2. The van der Waals surface area contributed by atoms with Gasteiger partial charge in [-0.15, -0.1) is 0 Å². The fourth-order valence-electron chi connectivity index (χ4n) is 6.93. The summed E-state index contributed by atoms with van der Waals surface area (Å²) in [6.45, 7) is 0.286. The highest BCUT2D eigenvalue weighted by Crippen LogP contribution is 2.39. The van der Waals surface area contributed by atoms with Crippen LogP contribution in [0.4, 0.5) is 0 Å². The van der Waals surface area contributed by atoms with Crippen LogP contribution in [-0.4, -0.2) is 50.1 Å². The molecule has 0 bridgehead atoms. The van der Waals surface area contributed by atoms with Crippen LogP contribution >= 0.6 is 0 Å². The number of allylic oxidation sites excluding steroid dienone is 6. The highest BCUT2D eigenvalue weighted by atomic mass is 15.3. The fraction of sp³-hybridized carbons (Fsp3) is 0. The van der Waals surface area contributed by atoms with Gasteiger partial charge in [-0.3, -0.25) is 0 Å². The number of aromatic nitrogens is 3. The van der Waals surface area contributed by atoms with Crippen molar-refractivity contribution in [1.82, 2.24) is 29.1 Å². The van der Waals surface area contributed by atoms with E-state index in [-0.39, 0.29) is 20.9 Å². The third-order valence-corrected chi connectivity index (χ3v) is 9.26. The van der Waals surface area contributed by atoms with Crippen LogP contribution in [-0.2, 0) is 0 Å². The maximum Gasteiger partial charge on any atom is 0.381 e. The zero-order valence-corrected chi connectivity index (χ0v) is 26.2. The molecule has 0 saturated carbocycles. The van der Waals surface area contributed by atoms with Gasteiger partial charge in [0, 0.05) is 22.3 Å². The lowest BCUT2D eigenvalue weighted by atomic mass is 9.41. The first-order valence-corrected chi connectivity index (χ1v) is 16.3. The second kappa shape index (κ2) is 11.9. The van der Waals surface area contributed by atoms with Crippen LogP contribution in [0.1, 0.15) is 11.1 Å². The zero-order valence-electron chi connectivity index (χ0n) is 26.2. The summed E-state index contributed by atoms with van der Waals surface area (Å²) in [6, 6.07) is 39.5. The molecular formula is C39H29B3N6. The summed E-state index contributed by atoms with van der Waals surface area (Å²) in [5, 5.41) is 0. The van der Waals surface area contributed by atoms with E-state index in [2.05, 4.69) is 130 Å². The van der Waals surface area contributed by atoms with E-state index in [1.165, 1.54) is 16.7 Å². The Bertz CT molecular complexity index is 2100. The summed E-state index contributed by atoms with van der Waals surface area (Å²) >= 11 is 0. The van der Waals surface area contributed by atoms with Crippen LogP contribution in [0.25, 0.3) is 45.3 Å². The molecule has 9 rings (SSSR count). The van der Waals surface area contributed by atoms with Crippen LogP contribution in [0.3, 0.4) is 0 Å². The van der Waals surface area contributed by atoms with Gasteiger partial charge in [0.15, 0.2) is 17.5 Å². The molecule has 1 aromatic heterocycles. The van der Waals surface area contributed by atoms with Gasteiger partial charge in [0.1, 0.15) is 0 Å². The molecule has 0 spiro atoms. The molecule has 4 aliphatic heterocycles. The molecule has 0 radical (unpaired) electrons. The number of hydrogen-bond donors (Lipinski definition) is 0. The van der Waals surface area contributed by atoms with Gasteiger partial charge in [0.05, 0.1) is 0 Å². The molecule has 1 fully saturated rings. The Hall–Kier alpha value is -6.08. The van der Waals surface area contributed by atoms with Crippen LogP contribution < -0.4 is 0 Å². The van der Waals surface area contributed by atoms with Crippen molar-refractivity contribution in [1.29, 1.82) is 0 Å². The molecule has 5 heterocycles. The van der Waals surface area contributed by atoms with E-state index in [0.717, 1.165) is 22.3 Å². The molecule has 9 heteroatoms. The summed E-state index contributed by atoms with van der Waals surface area (Å²) in [5.41, 5.74) is 7.57.